The van der Waals surface area contributed by atoms with Gasteiger partial charge in [0.15, 0.2) is 0 Å². The molecule has 0 fully saturated rings. The van der Waals surface area contributed by atoms with Gasteiger partial charge in [0.2, 0.25) is 0 Å². The van der Waals surface area contributed by atoms with Gasteiger partial charge in [0.1, 0.15) is 16.5 Å². The Labute approximate surface area is 188 Å². The number of carbonyl (C=O) groups is 3. The fourth-order valence-electron chi connectivity index (χ4n) is 3.15. The molecule has 0 aliphatic carbocycles. The molecule has 1 aliphatic rings. The molecular formula is C24H17ClFN3O3. The monoisotopic (exact) mass is 449 g/mol. The van der Waals surface area contributed by atoms with Crippen LogP contribution in [0.25, 0.3) is 0 Å². The second-order valence-electron chi connectivity index (χ2n) is 7.11. The number of imide groups is 1. The molecule has 3 amide bonds. The van der Waals surface area contributed by atoms with Crippen LogP contribution in [0.15, 0.2) is 83.5 Å². The lowest BCUT2D eigenvalue weighted by Crippen LogP contribution is -2.32. The number of halogens is 2. The van der Waals surface area contributed by atoms with Crippen molar-refractivity contribution in [2.45, 2.75) is 6.92 Å². The van der Waals surface area contributed by atoms with Gasteiger partial charge in [0.25, 0.3) is 17.7 Å². The Morgan fingerprint density at radius 3 is 2.22 bits per heavy atom. The fraction of sp³-hybridized carbons (Fsp3) is 0.0417. The van der Waals surface area contributed by atoms with E-state index in [9.17, 15) is 18.8 Å². The van der Waals surface area contributed by atoms with Gasteiger partial charge < -0.3 is 10.6 Å². The number of carbonyl (C=O) groups excluding carboxylic acids is 3. The summed E-state index contributed by atoms with van der Waals surface area (Å²) in [5.41, 5.74) is 2.16. The van der Waals surface area contributed by atoms with E-state index in [1.165, 1.54) is 30.3 Å². The van der Waals surface area contributed by atoms with E-state index in [4.69, 9.17) is 11.6 Å². The van der Waals surface area contributed by atoms with Crippen LogP contribution in [0, 0.1) is 12.7 Å². The van der Waals surface area contributed by atoms with E-state index < -0.39 is 23.5 Å². The van der Waals surface area contributed by atoms with Crippen LogP contribution in [0.4, 0.5) is 21.5 Å². The van der Waals surface area contributed by atoms with Crippen LogP contribution >= 0.6 is 11.6 Å². The Kier molecular flexibility index (Phi) is 5.75. The zero-order chi connectivity index (χ0) is 22.8. The first kappa shape index (κ1) is 21.3. The summed E-state index contributed by atoms with van der Waals surface area (Å²) < 4.78 is 13.7. The van der Waals surface area contributed by atoms with Crippen LogP contribution in [0.1, 0.15) is 15.9 Å². The van der Waals surface area contributed by atoms with Crippen molar-refractivity contribution in [2.75, 3.05) is 15.5 Å². The molecular weight excluding hydrogens is 433 g/mol. The summed E-state index contributed by atoms with van der Waals surface area (Å²) >= 11 is 6.14. The highest BCUT2D eigenvalue weighted by molar-refractivity contribution is 6.53. The summed E-state index contributed by atoms with van der Waals surface area (Å²) in [6, 6.07) is 18.9. The van der Waals surface area contributed by atoms with Gasteiger partial charge in [-0.05, 0) is 55.5 Å². The van der Waals surface area contributed by atoms with Crippen molar-refractivity contribution in [1.82, 2.24) is 0 Å². The van der Waals surface area contributed by atoms with E-state index in [0.29, 0.717) is 11.4 Å². The van der Waals surface area contributed by atoms with E-state index in [-0.39, 0.29) is 22.0 Å². The van der Waals surface area contributed by atoms with Crippen molar-refractivity contribution in [3.8, 4) is 0 Å². The minimum absolute atomic E-state index is 0.0548. The molecule has 2 N–H and O–H groups in total. The zero-order valence-corrected chi connectivity index (χ0v) is 17.6. The van der Waals surface area contributed by atoms with E-state index in [1.807, 2.05) is 6.92 Å². The summed E-state index contributed by atoms with van der Waals surface area (Å²) in [4.78, 5) is 38.7. The topological polar surface area (TPSA) is 78.5 Å². The van der Waals surface area contributed by atoms with Gasteiger partial charge in [-0.1, -0.05) is 41.4 Å². The van der Waals surface area contributed by atoms with E-state index in [2.05, 4.69) is 10.6 Å². The summed E-state index contributed by atoms with van der Waals surface area (Å²) in [5, 5.41) is 5.12. The number of nitrogens with one attached hydrogen (secondary N) is 2. The van der Waals surface area contributed by atoms with Crippen LogP contribution in [0.3, 0.4) is 0 Å². The molecule has 4 rings (SSSR count). The van der Waals surface area contributed by atoms with Crippen molar-refractivity contribution in [1.29, 1.82) is 0 Å². The highest BCUT2D eigenvalue weighted by Gasteiger charge is 2.38. The van der Waals surface area contributed by atoms with Crippen molar-refractivity contribution in [3.05, 3.63) is 100 Å². The van der Waals surface area contributed by atoms with Crippen LogP contribution in [0.2, 0.25) is 0 Å². The van der Waals surface area contributed by atoms with E-state index >= 15 is 0 Å². The molecule has 0 aromatic heterocycles. The lowest BCUT2D eigenvalue weighted by molar-refractivity contribution is -0.120. The SMILES string of the molecule is Cc1ccc(N2C(=O)C(Cl)=C(Nc3ccc(C(=O)Nc4ccccc4F)cc3)C2=O)cc1. The molecule has 0 saturated heterocycles. The molecule has 1 heterocycles. The molecule has 0 bridgehead atoms. The first-order valence-corrected chi connectivity index (χ1v) is 10.0. The van der Waals surface area contributed by atoms with Crippen molar-refractivity contribution >= 4 is 46.4 Å². The molecule has 0 radical (unpaired) electrons. The third-order valence-electron chi connectivity index (χ3n) is 4.86. The Morgan fingerprint density at radius 2 is 1.56 bits per heavy atom. The average Bonchev–Trinajstić information content (AvgIpc) is 3.00. The van der Waals surface area contributed by atoms with Crippen molar-refractivity contribution < 1.29 is 18.8 Å². The molecule has 160 valence electrons. The summed E-state index contributed by atoms with van der Waals surface area (Å²) in [6.07, 6.45) is 0. The molecule has 0 atom stereocenters. The Balaban J connectivity index is 1.49. The molecule has 1 aliphatic heterocycles. The van der Waals surface area contributed by atoms with Gasteiger partial charge in [-0.3, -0.25) is 14.4 Å². The number of nitrogens with zero attached hydrogens (tertiary/aromatic N) is 1. The lowest BCUT2D eigenvalue weighted by atomic mass is 10.2. The minimum atomic E-state index is -0.621. The van der Waals surface area contributed by atoms with Gasteiger partial charge in [0.05, 0.1) is 11.4 Å². The maximum absolute atomic E-state index is 13.7. The number of hydrogen-bond donors (Lipinski definition) is 2. The van der Waals surface area contributed by atoms with Gasteiger partial charge in [0, 0.05) is 11.3 Å². The number of hydrogen-bond acceptors (Lipinski definition) is 4. The smallest absolute Gasteiger partial charge is 0.283 e. The van der Waals surface area contributed by atoms with E-state index in [0.717, 1.165) is 10.5 Å². The zero-order valence-electron chi connectivity index (χ0n) is 16.9. The largest absolute Gasteiger partial charge is 0.350 e. The van der Waals surface area contributed by atoms with Crippen LogP contribution in [0.5, 0.6) is 0 Å². The standard InChI is InChI=1S/C24H17ClFN3O3/c1-14-6-12-17(13-7-14)29-23(31)20(25)21(24(29)32)27-16-10-8-15(9-11-16)22(30)28-19-5-3-2-4-18(19)26/h2-13,27H,1H3,(H,28,30). The normalized spacial score (nSPS) is 13.5. The van der Waals surface area contributed by atoms with Gasteiger partial charge in [-0.25, -0.2) is 9.29 Å². The van der Waals surface area contributed by atoms with Crippen molar-refractivity contribution in [2.24, 2.45) is 0 Å². The van der Waals surface area contributed by atoms with E-state index in [1.54, 1.807) is 42.5 Å². The summed E-state index contributed by atoms with van der Waals surface area (Å²) in [7, 11) is 0. The molecule has 3 aromatic rings. The fourth-order valence-corrected chi connectivity index (χ4v) is 3.36. The molecule has 8 heteroatoms. The summed E-state index contributed by atoms with van der Waals surface area (Å²) in [6.45, 7) is 1.90. The molecule has 6 nitrogen and oxygen atoms in total. The number of para-hydroxylation sites is 1. The molecule has 32 heavy (non-hydrogen) atoms. The average molecular weight is 450 g/mol. The first-order chi connectivity index (χ1) is 15.3. The second-order valence-corrected chi connectivity index (χ2v) is 7.48. The van der Waals surface area contributed by atoms with Crippen LogP contribution < -0.4 is 15.5 Å². The predicted molar refractivity (Wildman–Crippen MR) is 121 cm³/mol. The van der Waals surface area contributed by atoms with Crippen molar-refractivity contribution in [3.63, 3.8) is 0 Å². The number of amides is 3. The Morgan fingerprint density at radius 1 is 0.906 bits per heavy atom. The van der Waals surface area contributed by atoms with Gasteiger partial charge in [-0.15, -0.1) is 0 Å². The predicted octanol–water partition coefficient (Wildman–Crippen LogP) is 4.82. The second kappa shape index (κ2) is 8.64. The number of aryl methyl sites for hydroxylation is 1. The molecule has 0 saturated carbocycles. The lowest BCUT2D eigenvalue weighted by Gasteiger charge is -2.15. The quantitative estimate of drug-likeness (QED) is 0.547. The summed E-state index contributed by atoms with van der Waals surface area (Å²) in [5.74, 6) is -2.23. The van der Waals surface area contributed by atoms with Crippen LogP contribution in [-0.2, 0) is 9.59 Å². The van der Waals surface area contributed by atoms with Crippen LogP contribution in [-0.4, -0.2) is 17.7 Å². The third-order valence-corrected chi connectivity index (χ3v) is 5.21. The maximum atomic E-state index is 13.7. The first-order valence-electron chi connectivity index (χ1n) is 9.63. The van der Waals surface area contributed by atoms with Gasteiger partial charge in [-0.2, -0.15) is 0 Å². The molecule has 0 unspecified atom stereocenters. The highest BCUT2D eigenvalue weighted by atomic mass is 35.5. The number of anilines is 3. The maximum Gasteiger partial charge on any atom is 0.283 e. The number of rotatable bonds is 5. The highest BCUT2D eigenvalue weighted by Crippen LogP contribution is 2.30. The minimum Gasteiger partial charge on any atom is -0.350 e. The number of benzene rings is 3. The molecule has 0 spiro atoms. The van der Waals surface area contributed by atoms with Gasteiger partial charge >= 0.3 is 0 Å². The Bertz CT molecular complexity index is 1250. The Hall–Kier alpha value is -3.97. The molecule has 3 aromatic carbocycles. The third kappa shape index (κ3) is 4.10.